The van der Waals surface area contributed by atoms with Crippen molar-refractivity contribution >= 4 is 11.6 Å². The minimum absolute atomic E-state index is 0.214. The van der Waals surface area contributed by atoms with E-state index in [1.54, 1.807) is 0 Å². The van der Waals surface area contributed by atoms with Crippen LogP contribution in [-0.4, -0.2) is 6.54 Å². The van der Waals surface area contributed by atoms with E-state index < -0.39 is 11.7 Å². The zero-order chi connectivity index (χ0) is 12.5. The Balaban J connectivity index is 2.08. The second-order valence-electron chi connectivity index (χ2n) is 4.37. The van der Waals surface area contributed by atoms with Crippen LogP contribution in [0.5, 0.6) is 0 Å². The van der Waals surface area contributed by atoms with Crippen LogP contribution in [0.15, 0.2) is 18.2 Å². The lowest BCUT2D eigenvalue weighted by Crippen LogP contribution is -2.19. The zero-order valence-electron chi connectivity index (χ0n) is 9.15. The van der Waals surface area contributed by atoms with E-state index in [1.165, 1.54) is 25.0 Å². The highest BCUT2D eigenvalue weighted by atomic mass is 35.5. The molecule has 0 atom stereocenters. The molecule has 0 spiro atoms. The highest BCUT2D eigenvalue weighted by Gasteiger charge is 2.33. The number of nitrogens with one attached hydrogen (secondary N) is 1. The van der Waals surface area contributed by atoms with Gasteiger partial charge in [0.15, 0.2) is 0 Å². The summed E-state index contributed by atoms with van der Waals surface area (Å²) in [6, 6.07) is 3.69. The molecule has 2 rings (SSSR count). The first-order chi connectivity index (χ1) is 7.97. The maximum absolute atomic E-state index is 12.7. The third kappa shape index (κ3) is 3.61. The molecule has 0 unspecified atom stereocenters. The Morgan fingerprint density at radius 3 is 2.59 bits per heavy atom. The van der Waals surface area contributed by atoms with Gasteiger partial charge in [0, 0.05) is 11.6 Å². The number of hydrogen-bond donors (Lipinski definition) is 1. The molecule has 17 heavy (non-hydrogen) atoms. The van der Waals surface area contributed by atoms with Gasteiger partial charge in [0.05, 0.1) is 5.56 Å². The molecule has 5 heteroatoms. The molecule has 0 radical (unpaired) electrons. The largest absolute Gasteiger partial charge is 0.416 e. The van der Waals surface area contributed by atoms with Gasteiger partial charge >= 0.3 is 6.18 Å². The molecule has 1 aromatic carbocycles. The predicted octanol–water partition coefficient (Wildman–Crippen LogP) is 3.86. The van der Waals surface area contributed by atoms with Crippen molar-refractivity contribution in [3.8, 4) is 0 Å². The molecule has 0 aliphatic heterocycles. The molecule has 0 amide bonds. The van der Waals surface area contributed by atoms with Crippen LogP contribution in [0.2, 0.25) is 5.02 Å². The van der Waals surface area contributed by atoms with Gasteiger partial charge in [-0.1, -0.05) is 11.6 Å². The molecule has 1 saturated carbocycles. The minimum Gasteiger partial charge on any atom is -0.312 e. The van der Waals surface area contributed by atoms with Crippen LogP contribution in [-0.2, 0) is 12.7 Å². The maximum Gasteiger partial charge on any atom is 0.416 e. The van der Waals surface area contributed by atoms with Gasteiger partial charge < -0.3 is 5.32 Å². The van der Waals surface area contributed by atoms with Gasteiger partial charge in [-0.2, -0.15) is 13.2 Å². The first kappa shape index (κ1) is 12.7. The van der Waals surface area contributed by atoms with Crippen LogP contribution in [0.4, 0.5) is 13.2 Å². The lowest BCUT2D eigenvalue weighted by atomic mass is 10.1. The van der Waals surface area contributed by atoms with Crippen LogP contribution < -0.4 is 5.32 Å². The van der Waals surface area contributed by atoms with Crippen molar-refractivity contribution in [2.45, 2.75) is 25.6 Å². The summed E-state index contributed by atoms with van der Waals surface area (Å²) in [5.41, 5.74) is -0.393. The van der Waals surface area contributed by atoms with E-state index in [-0.39, 0.29) is 12.1 Å². The minimum atomic E-state index is -4.32. The third-order valence-electron chi connectivity index (χ3n) is 2.82. The Morgan fingerprint density at radius 2 is 2.00 bits per heavy atom. The van der Waals surface area contributed by atoms with Crippen molar-refractivity contribution in [1.29, 1.82) is 0 Å². The molecule has 1 N–H and O–H groups in total. The molecule has 0 heterocycles. The zero-order valence-corrected chi connectivity index (χ0v) is 9.91. The van der Waals surface area contributed by atoms with Crippen molar-refractivity contribution in [2.24, 2.45) is 5.92 Å². The molecule has 0 bridgehead atoms. The fourth-order valence-electron chi connectivity index (χ4n) is 1.72. The lowest BCUT2D eigenvalue weighted by Gasteiger charge is -2.13. The van der Waals surface area contributed by atoms with Crippen LogP contribution in [0, 0.1) is 5.92 Å². The van der Waals surface area contributed by atoms with Crippen LogP contribution >= 0.6 is 11.6 Å². The van der Waals surface area contributed by atoms with Crippen LogP contribution in [0.3, 0.4) is 0 Å². The Kier molecular flexibility index (Phi) is 3.64. The number of benzene rings is 1. The lowest BCUT2D eigenvalue weighted by molar-refractivity contribution is -0.138. The predicted molar refractivity (Wildman–Crippen MR) is 60.9 cm³/mol. The second kappa shape index (κ2) is 4.86. The molecule has 1 fully saturated rings. The van der Waals surface area contributed by atoms with Crippen LogP contribution in [0.1, 0.15) is 24.0 Å². The van der Waals surface area contributed by atoms with Crippen molar-refractivity contribution in [1.82, 2.24) is 5.32 Å². The maximum atomic E-state index is 12.7. The van der Waals surface area contributed by atoms with Crippen LogP contribution in [0.25, 0.3) is 0 Å². The fraction of sp³-hybridized carbons (Fsp3) is 0.500. The third-order valence-corrected chi connectivity index (χ3v) is 3.05. The summed E-state index contributed by atoms with van der Waals surface area (Å²) < 4.78 is 38.1. The van der Waals surface area contributed by atoms with E-state index >= 15 is 0 Å². The Morgan fingerprint density at radius 1 is 1.29 bits per heavy atom. The summed E-state index contributed by atoms with van der Waals surface area (Å²) in [6.45, 7) is 0.996. The first-order valence-corrected chi connectivity index (χ1v) is 5.91. The SMILES string of the molecule is FC(F)(F)c1ccc(Cl)cc1CNCC1CC1. The topological polar surface area (TPSA) is 12.0 Å². The van der Waals surface area contributed by atoms with Gasteiger partial charge in [-0.25, -0.2) is 0 Å². The smallest absolute Gasteiger partial charge is 0.312 e. The summed E-state index contributed by atoms with van der Waals surface area (Å²) in [4.78, 5) is 0. The van der Waals surface area contributed by atoms with Gasteiger partial charge in [0.1, 0.15) is 0 Å². The monoisotopic (exact) mass is 263 g/mol. The van der Waals surface area contributed by atoms with Gasteiger partial charge in [-0.3, -0.25) is 0 Å². The summed E-state index contributed by atoms with van der Waals surface area (Å²) in [6.07, 6.45) is -1.97. The number of halogens is 4. The van der Waals surface area contributed by atoms with E-state index in [9.17, 15) is 13.2 Å². The summed E-state index contributed by atoms with van der Waals surface area (Å²) in [5, 5.41) is 3.38. The second-order valence-corrected chi connectivity index (χ2v) is 4.81. The summed E-state index contributed by atoms with van der Waals surface area (Å²) in [7, 11) is 0. The molecular weight excluding hydrogens is 251 g/mol. The van der Waals surface area contributed by atoms with Crippen molar-refractivity contribution in [2.75, 3.05) is 6.54 Å². The number of rotatable bonds is 4. The average Bonchev–Trinajstić information content (AvgIpc) is 2.99. The normalized spacial score (nSPS) is 16.2. The molecule has 0 saturated heterocycles. The van der Waals surface area contributed by atoms with Gasteiger partial charge in [0.2, 0.25) is 0 Å². The van der Waals surface area contributed by atoms with E-state index in [2.05, 4.69) is 5.32 Å². The molecule has 1 nitrogen and oxygen atoms in total. The number of hydrogen-bond acceptors (Lipinski definition) is 1. The Bertz CT molecular complexity index is 399. The van der Waals surface area contributed by atoms with Gasteiger partial charge in [-0.05, 0) is 49.1 Å². The first-order valence-electron chi connectivity index (χ1n) is 5.53. The van der Waals surface area contributed by atoms with Gasteiger partial charge in [0.25, 0.3) is 0 Å². The van der Waals surface area contributed by atoms with Crippen molar-refractivity contribution < 1.29 is 13.2 Å². The summed E-state index contributed by atoms with van der Waals surface area (Å²) >= 11 is 5.73. The highest BCUT2D eigenvalue weighted by Crippen LogP contribution is 2.33. The molecule has 94 valence electrons. The number of alkyl halides is 3. The Hall–Kier alpha value is -0.740. The van der Waals surface area contributed by atoms with Crippen molar-refractivity contribution in [3.63, 3.8) is 0 Å². The molecule has 1 aliphatic carbocycles. The highest BCUT2D eigenvalue weighted by molar-refractivity contribution is 6.30. The molecule has 1 aromatic rings. The molecule has 1 aliphatic rings. The van der Waals surface area contributed by atoms with E-state index in [0.717, 1.165) is 12.6 Å². The fourth-order valence-corrected chi connectivity index (χ4v) is 1.91. The standard InChI is InChI=1S/C12H13ClF3N/c13-10-3-4-11(12(14,15)16)9(5-10)7-17-6-8-1-2-8/h3-5,8,17H,1-2,6-7H2. The Labute approximate surface area is 103 Å². The van der Waals surface area contributed by atoms with E-state index in [4.69, 9.17) is 11.6 Å². The van der Waals surface area contributed by atoms with Crippen molar-refractivity contribution in [3.05, 3.63) is 34.3 Å². The van der Waals surface area contributed by atoms with Gasteiger partial charge in [-0.15, -0.1) is 0 Å². The average molecular weight is 264 g/mol. The van der Waals surface area contributed by atoms with E-state index in [0.29, 0.717) is 10.9 Å². The van der Waals surface area contributed by atoms with E-state index in [1.807, 2.05) is 0 Å². The quantitative estimate of drug-likeness (QED) is 0.870. The summed E-state index contributed by atoms with van der Waals surface area (Å²) in [5.74, 6) is 0.642. The molecular formula is C12H13ClF3N. The molecule has 0 aromatic heterocycles.